The quantitative estimate of drug-likeness (QED) is 0.746. The molecule has 2 aromatic heterocycles. The molecule has 0 N–H and O–H groups in total. The molecule has 15 heavy (non-hydrogen) atoms. The highest BCUT2D eigenvalue weighted by Crippen LogP contribution is 2.19. The van der Waals surface area contributed by atoms with Crippen molar-refractivity contribution in [2.45, 2.75) is 6.54 Å². The number of pyridine rings is 1. The van der Waals surface area contributed by atoms with Crippen LogP contribution in [0.15, 0.2) is 36.1 Å². The van der Waals surface area contributed by atoms with Crippen LogP contribution in [0.3, 0.4) is 0 Å². The fourth-order valence-electron chi connectivity index (χ4n) is 1.55. The number of hydrogen-bond acceptors (Lipinski definition) is 2. The molecule has 0 atom stereocenters. The number of allylic oxidation sites excluding steroid dienone is 1. The summed E-state index contributed by atoms with van der Waals surface area (Å²) in [5.74, 6) is 0. The van der Waals surface area contributed by atoms with Crippen molar-refractivity contribution in [2.75, 3.05) is 0 Å². The number of hydrogen-bond donors (Lipinski definition) is 0. The number of aromatic nitrogens is 2. The zero-order chi connectivity index (χ0) is 10.8. The van der Waals surface area contributed by atoms with E-state index in [-0.39, 0.29) is 0 Å². The van der Waals surface area contributed by atoms with Crippen LogP contribution in [0.25, 0.3) is 11.0 Å². The second-order valence-electron chi connectivity index (χ2n) is 3.22. The van der Waals surface area contributed by atoms with Crippen molar-refractivity contribution in [1.29, 1.82) is 0 Å². The molecule has 2 heterocycles. The van der Waals surface area contributed by atoms with E-state index >= 15 is 0 Å². The van der Waals surface area contributed by atoms with Gasteiger partial charge in [-0.25, -0.2) is 4.98 Å². The Morgan fingerprint density at radius 1 is 1.67 bits per heavy atom. The Bertz CT molecular complexity index is 530. The normalized spacial score (nSPS) is 10.5. The zero-order valence-corrected chi connectivity index (χ0v) is 8.74. The monoisotopic (exact) mass is 220 g/mol. The predicted octanol–water partition coefficient (Wildman–Crippen LogP) is 2.60. The largest absolute Gasteiger partial charge is 0.326 e. The lowest BCUT2D eigenvalue weighted by molar-refractivity contribution is 0.112. The second kappa shape index (κ2) is 3.87. The third kappa shape index (κ3) is 1.78. The van der Waals surface area contributed by atoms with Crippen LogP contribution in [0.1, 0.15) is 10.4 Å². The highest BCUT2D eigenvalue weighted by molar-refractivity contribution is 6.29. The fourth-order valence-corrected chi connectivity index (χ4v) is 1.68. The van der Waals surface area contributed by atoms with E-state index in [0.717, 1.165) is 17.3 Å². The molecule has 0 aliphatic heterocycles. The molecular formula is C11H9ClN2O. The van der Waals surface area contributed by atoms with Crippen molar-refractivity contribution in [3.63, 3.8) is 0 Å². The van der Waals surface area contributed by atoms with Crippen LogP contribution in [0.2, 0.25) is 0 Å². The molecule has 0 aromatic carbocycles. The third-order valence-electron chi connectivity index (χ3n) is 2.13. The molecule has 0 saturated heterocycles. The van der Waals surface area contributed by atoms with Crippen molar-refractivity contribution >= 4 is 28.9 Å². The first-order valence-electron chi connectivity index (χ1n) is 4.44. The summed E-state index contributed by atoms with van der Waals surface area (Å²) in [5.41, 5.74) is 1.37. The minimum Gasteiger partial charge on any atom is -0.326 e. The number of halogens is 1. The topological polar surface area (TPSA) is 34.9 Å². The molecule has 0 unspecified atom stereocenters. The maximum absolute atomic E-state index is 10.8. The third-order valence-corrected chi connectivity index (χ3v) is 2.25. The van der Waals surface area contributed by atoms with Gasteiger partial charge in [-0.15, -0.1) is 0 Å². The lowest BCUT2D eigenvalue weighted by atomic mass is 10.2. The first-order valence-corrected chi connectivity index (χ1v) is 4.82. The van der Waals surface area contributed by atoms with Crippen molar-refractivity contribution in [3.8, 4) is 0 Å². The van der Waals surface area contributed by atoms with Crippen molar-refractivity contribution < 1.29 is 4.79 Å². The summed E-state index contributed by atoms with van der Waals surface area (Å²) in [6, 6.07) is 3.66. The van der Waals surface area contributed by atoms with E-state index in [2.05, 4.69) is 11.6 Å². The molecule has 0 amide bonds. The molecular weight excluding hydrogens is 212 g/mol. The van der Waals surface area contributed by atoms with Gasteiger partial charge < -0.3 is 4.57 Å². The molecule has 0 aliphatic carbocycles. The van der Waals surface area contributed by atoms with Gasteiger partial charge in [0.2, 0.25) is 0 Å². The zero-order valence-electron chi connectivity index (χ0n) is 7.98. The molecule has 0 spiro atoms. The fraction of sp³-hybridized carbons (Fsp3) is 0.0909. The molecule has 0 aliphatic rings. The van der Waals surface area contributed by atoms with E-state index < -0.39 is 0 Å². The van der Waals surface area contributed by atoms with Crippen LogP contribution >= 0.6 is 11.6 Å². The number of nitrogens with zero attached hydrogens (tertiary/aromatic N) is 2. The van der Waals surface area contributed by atoms with Gasteiger partial charge >= 0.3 is 0 Å². The van der Waals surface area contributed by atoms with Gasteiger partial charge in [-0.1, -0.05) is 18.2 Å². The summed E-state index contributed by atoms with van der Waals surface area (Å²) >= 11 is 5.73. The van der Waals surface area contributed by atoms with E-state index in [4.69, 9.17) is 11.6 Å². The van der Waals surface area contributed by atoms with Gasteiger partial charge in [0.15, 0.2) is 6.29 Å². The Hall–Kier alpha value is -1.61. The maximum Gasteiger partial charge on any atom is 0.152 e. The minimum absolute atomic E-state index is 0.461. The van der Waals surface area contributed by atoms with Crippen LogP contribution in [-0.2, 0) is 6.54 Å². The van der Waals surface area contributed by atoms with Crippen molar-refractivity contribution in [1.82, 2.24) is 9.55 Å². The van der Waals surface area contributed by atoms with E-state index in [1.807, 2.05) is 10.6 Å². The molecule has 0 radical (unpaired) electrons. The summed E-state index contributed by atoms with van der Waals surface area (Å²) in [7, 11) is 0. The van der Waals surface area contributed by atoms with Crippen molar-refractivity contribution in [3.05, 3.63) is 41.7 Å². The summed E-state index contributed by atoms with van der Waals surface area (Å²) in [5, 5.41) is 1.35. The van der Waals surface area contributed by atoms with Crippen LogP contribution in [0, 0.1) is 0 Å². The maximum atomic E-state index is 10.8. The van der Waals surface area contributed by atoms with Crippen LogP contribution in [0.5, 0.6) is 0 Å². The number of rotatable bonds is 3. The Labute approximate surface area is 92.0 Å². The summed E-state index contributed by atoms with van der Waals surface area (Å²) < 4.78 is 1.81. The number of carbonyl (C=O) groups is 1. The van der Waals surface area contributed by atoms with Gasteiger partial charge in [0.1, 0.15) is 5.65 Å². The van der Waals surface area contributed by atoms with Gasteiger partial charge in [0, 0.05) is 28.4 Å². The summed E-state index contributed by atoms with van der Waals surface area (Å²) in [4.78, 5) is 15.0. The number of aldehydes is 1. The molecule has 0 fully saturated rings. The Morgan fingerprint density at radius 2 is 2.47 bits per heavy atom. The van der Waals surface area contributed by atoms with Crippen LogP contribution in [-0.4, -0.2) is 15.8 Å². The second-order valence-corrected chi connectivity index (χ2v) is 3.76. The molecule has 0 saturated carbocycles. The molecule has 0 bridgehead atoms. The van der Waals surface area contributed by atoms with Gasteiger partial charge in [0.25, 0.3) is 0 Å². The van der Waals surface area contributed by atoms with Gasteiger partial charge in [0.05, 0.1) is 6.54 Å². The lowest BCUT2D eigenvalue weighted by Gasteiger charge is -2.01. The highest BCUT2D eigenvalue weighted by Gasteiger charge is 2.08. The van der Waals surface area contributed by atoms with Crippen LogP contribution < -0.4 is 0 Å². The predicted molar refractivity (Wildman–Crippen MR) is 60.1 cm³/mol. The lowest BCUT2D eigenvalue weighted by Crippen LogP contribution is -1.96. The smallest absolute Gasteiger partial charge is 0.152 e. The standard InChI is InChI=1S/C11H9ClN2O/c1-8(12)5-14-6-9(7-15)10-3-2-4-13-11(10)14/h2-4,6-7H,1,5H2. The molecule has 2 aromatic rings. The van der Waals surface area contributed by atoms with E-state index in [1.54, 1.807) is 18.5 Å². The average Bonchev–Trinajstić information content (AvgIpc) is 2.56. The first-order chi connectivity index (χ1) is 7.22. The number of carbonyl (C=O) groups excluding carboxylic acids is 1. The van der Waals surface area contributed by atoms with Gasteiger partial charge in [-0.05, 0) is 12.1 Å². The van der Waals surface area contributed by atoms with Gasteiger partial charge in [-0.2, -0.15) is 0 Å². The SMILES string of the molecule is C=C(Cl)Cn1cc(C=O)c2cccnc21. The molecule has 76 valence electrons. The number of fused-ring (bicyclic) bond motifs is 1. The minimum atomic E-state index is 0.461. The van der Waals surface area contributed by atoms with Crippen molar-refractivity contribution in [2.24, 2.45) is 0 Å². The van der Waals surface area contributed by atoms with E-state index in [0.29, 0.717) is 17.1 Å². The van der Waals surface area contributed by atoms with Crippen LogP contribution in [0.4, 0.5) is 0 Å². The Kier molecular flexibility index (Phi) is 2.56. The van der Waals surface area contributed by atoms with E-state index in [9.17, 15) is 4.79 Å². The molecule has 2 rings (SSSR count). The first kappa shape index (κ1) is 9.93. The average molecular weight is 221 g/mol. The van der Waals surface area contributed by atoms with Gasteiger partial charge in [-0.3, -0.25) is 4.79 Å². The van der Waals surface area contributed by atoms with E-state index in [1.165, 1.54) is 0 Å². The Balaban J connectivity index is 2.64. The molecule has 4 heteroatoms. The summed E-state index contributed by atoms with van der Waals surface area (Å²) in [6.07, 6.45) is 4.24. The Morgan fingerprint density at radius 3 is 3.13 bits per heavy atom. The molecule has 3 nitrogen and oxygen atoms in total. The highest BCUT2D eigenvalue weighted by atomic mass is 35.5. The summed E-state index contributed by atoms with van der Waals surface area (Å²) in [6.45, 7) is 4.08.